The van der Waals surface area contributed by atoms with Crippen LogP contribution in [0.2, 0.25) is 0 Å². The van der Waals surface area contributed by atoms with Gasteiger partial charge in [-0.15, -0.1) is 0 Å². The summed E-state index contributed by atoms with van der Waals surface area (Å²) >= 11 is 0. The van der Waals surface area contributed by atoms with E-state index >= 15 is 0 Å². The Morgan fingerprint density at radius 1 is 1.19 bits per heavy atom. The second-order valence-electron chi connectivity index (χ2n) is 12.0. The molecule has 15 heteroatoms. The lowest BCUT2D eigenvalue weighted by molar-refractivity contribution is -0.153. The Labute approximate surface area is 270 Å². The minimum atomic E-state index is -4.58. The van der Waals surface area contributed by atoms with E-state index in [1.165, 1.54) is 6.07 Å². The van der Waals surface area contributed by atoms with E-state index in [-0.39, 0.29) is 35.8 Å². The summed E-state index contributed by atoms with van der Waals surface area (Å²) in [6.45, 7) is 4.77. The Bertz CT molecular complexity index is 1670. The van der Waals surface area contributed by atoms with Gasteiger partial charge in [-0.05, 0) is 64.1 Å². The van der Waals surface area contributed by atoms with Crippen molar-refractivity contribution >= 4 is 29.2 Å². The molecule has 2 amide bonds. The van der Waals surface area contributed by atoms with E-state index in [0.29, 0.717) is 35.9 Å². The molecule has 4 aliphatic rings. The predicted octanol–water partition coefficient (Wildman–Crippen LogP) is 3.20. The van der Waals surface area contributed by atoms with Crippen LogP contribution >= 0.6 is 0 Å². The largest absolute Gasteiger partial charge is 0.493 e. The number of carbonyl (C=O) groups excluding carboxylic acids is 2. The number of anilines is 1. The van der Waals surface area contributed by atoms with Crippen molar-refractivity contribution in [2.45, 2.75) is 56.7 Å². The lowest BCUT2D eigenvalue weighted by Crippen LogP contribution is -2.62. The molecule has 6 rings (SSSR count). The monoisotopic (exact) mass is 654 g/mol. The van der Waals surface area contributed by atoms with Crippen LogP contribution in [0.15, 0.2) is 59.6 Å². The van der Waals surface area contributed by atoms with E-state index in [0.717, 1.165) is 31.2 Å². The highest BCUT2D eigenvalue weighted by Gasteiger charge is 2.53. The van der Waals surface area contributed by atoms with E-state index < -0.39 is 35.5 Å². The van der Waals surface area contributed by atoms with Crippen LogP contribution in [0, 0.1) is 0 Å². The fraction of sp³-hybridized carbons (Fsp3) is 0.438. The van der Waals surface area contributed by atoms with Crippen molar-refractivity contribution in [3.63, 3.8) is 0 Å². The van der Waals surface area contributed by atoms with Gasteiger partial charge in [-0.25, -0.2) is 9.98 Å². The number of pyridine rings is 1. The lowest BCUT2D eigenvalue weighted by atomic mass is 10.0. The molecule has 3 atom stereocenters. The number of carbonyl (C=O) groups is 2. The highest BCUT2D eigenvalue weighted by atomic mass is 19.4. The number of rotatable bonds is 8. The molecule has 47 heavy (non-hydrogen) atoms. The van der Waals surface area contributed by atoms with Gasteiger partial charge >= 0.3 is 6.18 Å². The molecule has 1 aliphatic carbocycles. The number of alkyl halides is 3. The van der Waals surface area contributed by atoms with E-state index in [2.05, 4.69) is 20.6 Å². The van der Waals surface area contributed by atoms with Gasteiger partial charge in [0, 0.05) is 36.8 Å². The fourth-order valence-electron chi connectivity index (χ4n) is 6.36. The Morgan fingerprint density at radius 2 is 1.96 bits per heavy atom. The zero-order valence-electron chi connectivity index (χ0n) is 26.5. The SMILES string of the molecule is CCOc1cc(C(=O)Nc2cc(C(F)(F)F)ccn2)ccc1C1=C2C(N)=NC=CN2C([C@H]2CN(C(=O)C3(NC)CC3)[C@H](C)CO2)N1C. The van der Waals surface area contributed by atoms with Gasteiger partial charge < -0.3 is 40.5 Å². The highest BCUT2D eigenvalue weighted by molar-refractivity contribution is 6.07. The number of fused-ring (bicyclic) bond motifs is 1. The molecule has 1 aromatic carbocycles. The molecule has 1 saturated carbocycles. The van der Waals surface area contributed by atoms with Crippen molar-refractivity contribution in [3.05, 3.63) is 71.3 Å². The van der Waals surface area contributed by atoms with Crippen LogP contribution in [0.3, 0.4) is 0 Å². The summed E-state index contributed by atoms with van der Waals surface area (Å²) in [6, 6.07) is 6.29. The van der Waals surface area contributed by atoms with Crippen molar-refractivity contribution in [2.24, 2.45) is 10.7 Å². The smallest absolute Gasteiger partial charge is 0.416 e. The molecule has 250 valence electrons. The molecule has 2 aromatic rings. The summed E-state index contributed by atoms with van der Waals surface area (Å²) in [4.78, 5) is 40.8. The first kappa shape index (κ1) is 32.3. The first-order chi connectivity index (χ1) is 22.4. The molecule has 1 saturated heterocycles. The van der Waals surface area contributed by atoms with Crippen molar-refractivity contribution < 1.29 is 32.2 Å². The van der Waals surface area contributed by atoms with Crippen molar-refractivity contribution in [1.29, 1.82) is 0 Å². The van der Waals surface area contributed by atoms with E-state index in [1.807, 2.05) is 41.9 Å². The number of ether oxygens (including phenoxy) is 2. The summed E-state index contributed by atoms with van der Waals surface area (Å²) < 4.78 is 52.0. The van der Waals surface area contributed by atoms with Crippen LogP contribution in [-0.2, 0) is 15.7 Å². The summed E-state index contributed by atoms with van der Waals surface area (Å²) in [5, 5.41) is 5.64. The van der Waals surface area contributed by atoms with E-state index in [9.17, 15) is 22.8 Å². The van der Waals surface area contributed by atoms with Gasteiger partial charge in [0.05, 0.1) is 42.6 Å². The topological polar surface area (TPSA) is 138 Å². The van der Waals surface area contributed by atoms with Gasteiger partial charge in [0.2, 0.25) is 5.91 Å². The maximum absolute atomic E-state index is 13.6. The minimum Gasteiger partial charge on any atom is -0.493 e. The van der Waals surface area contributed by atoms with Gasteiger partial charge in [0.15, 0.2) is 0 Å². The van der Waals surface area contributed by atoms with Gasteiger partial charge in [-0.2, -0.15) is 13.2 Å². The quantitative estimate of drug-likeness (QED) is 0.392. The average molecular weight is 655 g/mol. The first-order valence-corrected chi connectivity index (χ1v) is 15.4. The third-order valence-corrected chi connectivity index (χ3v) is 9.02. The number of nitrogens with two attached hydrogens (primary N) is 1. The van der Waals surface area contributed by atoms with E-state index in [1.54, 1.807) is 25.3 Å². The zero-order valence-corrected chi connectivity index (χ0v) is 26.5. The van der Waals surface area contributed by atoms with E-state index in [4.69, 9.17) is 15.2 Å². The Morgan fingerprint density at radius 3 is 2.64 bits per heavy atom. The molecule has 0 radical (unpaired) electrons. The van der Waals surface area contributed by atoms with Gasteiger partial charge in [-0.1, -0.05) is 0 Å². The molecule has 12 nitrogen and oxygen atoms in total. The molecule has 3 aliphatic heterocycles. The van der Waals surface area contributed by atoms with Crippen LogP contribution in [0.1, 0.15) is 48.2 Å². The number of morpholine rings is 1. The molecule has 4 N–H and O–H groups in total. The number of benzene rings is 1. The number of likely N-dealkylation sites (N-methyl/N-ethyl adjacent to an activating group) is 2. The summed E-state index contributed by atoms with van der Waals surface area (Å²) in [5.74, 6) is -0.207. The third kappa shape index (κ3) is 5.89. The molecule has 0 bridgehead atoms. The number of amidine groups is 1. The number of halogens is 3. The first-order valence-electron chi connectivity index (χ1n) is 15.4. The number of amides is 2. The number of nitrogens with zero attached hydrogens (tertiary/aromatic N) is 5. The van der Waals surface area contributed by atoms with Crippen LogP contribution in [0.25, 0.3) is 5.70 Å². The average Bonchev–Trinajstić information content (AvgIpc) is 3.79. The third-order valence-electron chi connectivity index (χ3n) is 9.02. The molecular formula is C32H37F3N8O4. The zero-order chi connectivity index (χ0) is 33.7. The van der Waals surface area contributed by atoms with Crippen LogP contribution < -0.4 is 21.1 Å². The van der Waals surface area contributed by atoms with Crippen LogP contribution in [0.5, 0.6) is 5.75 Å². The number of aliphatic imine (C=N–C) groups is 1. The highest BCUT2D eigenvalue weighted by Crippen LogP contribution is 2.43. The molecule has 1 unspecified atom stereocenters. The Balaban J connectivity index is 1.31. The molecule has 2 fully saturated rings. The summed E-state index contributed by atoms with van der Waals surface area (Å²) in [5.41, 5.74) is 7.08. The maximum atomic E-state index is 13.6. The van der Waals surface area contributed by atoms with Crippen LogP contribution in [0.4, 0.5) is 19.0 Å². The normalized spacial score (nSPS) is 23.4. The van der Waals surface area contributed by atoms with Crippen LogP contribution in [-0.4, -0.2) is 95.0 Å². The number of hydrogen-bond acceptors (Lipinski definition) is 10. The molecule has 1 aromatic heterocycles. The summed E-state index contributed by atoms with van der Waals surface area (Å²) in [6.07, 6.45) is 0.592. The lowest BCUT2D eigenvalue weighted by Gasteiger charge is -2.45. The van der Waals surface area contributed by atoms with Crippen molar-refractivity contribution in [3.8, 4) is 5.75 Å². The second-order valence-corrected chi connectivity index (χ2v) is 12.0. The van der Waals surface area contributed by atoms with Crippen molar-refractivity contribution in [2.75, 3.05) is 39.2 Å². The maximum Gasteiger partial charge on any atom is 0.416 e. The van der Waals surface area contributed by atoms with Gasteiger partial charge in [0.25, 0.3) is 5.91 Å². The Kier molecular flexibility index (Phi) is 8.38. The standard InChI is InChI=1S/C32H37F3N8O4/c1-5-46-22-14-19(28(44)40-24-15-20(8-11-38-24)32(33,34)35)6-7-21(22)25-26-27(36)39-12-13-42(26)29(41(25)4)23-16-43(18(2)17-47-23)30(45)31(37-3)9-10-31/h6-8,11-15,18,23,29,37H,5,9-10,16-17H2,1-4H3,(H2,36,39)(H,38,40,44)/t18-,23-,29?/m1/s1. The fourth-order valence-corrected chi connectivity index (χ4v) is 6.36. The van der Waals surface area contributed by atoms with Gasteiger partial charge in [0.1, 0.15) is 35.4 Å². The predicted molar refractivity (Wildman–Crippen MR) is 168 cm³/mol. The molecular weight excluding hydrogens is 617 g/mol. The minimum absolute atomic E-state index is 0.0675. The Hall–Kier alpha value is -4.63. The number of nitrogens with one attached hydrogen (secondary N) is 2. The van der Waals surface area contributed by atoms with Crippen molar-refractivity contribution in [1.82, 2.24) is 25.0 Å². The van der Waals surface area contributed by atoms with Gasteiger partial charge in [-0.3, -0.25) is 9.59 Å². The number of hydrogen-bond donors (Lipinski definition) is 3. The summed E-state index contributed by atoms with van der Waals surface area (Å²) in [7, 11) is 3.71. The second kappa shape index (κ2) is 12.2. The molecule has 0 spiro atoms. The number of aromatic nitrogens is 1. The molecule has 4 heterocycles.